The maximum absolute atomic E-state index is 13.3. The number of amides is 3. The molecule has 4 heterocycles. The van der Waals surface area contributed by atoms with Crippen molar-refractivity contribution in [3.63, 3.8) is 0 Å². The van der Waals surface area contributed by atoms with Crippen molar-refractivity contribution in [2.45, 2.75) is 50.5 Å². The first-order valence-corrected chi connectivity index (χ1v) is 10.4. The van der Waals surface area contributed by atoms with Gasteiger partial charge in [-0.25, -0.2) is 0 Å². The highest BCUT2D eigenvalue weighted by Crippen LogP contribution is 2.36. The van der Waals surface area contributed by atoms with Gasteiger partial charge in [-0.05, 0) is 30.6 Å². The Balaban J connectivity index is 1.39. The van der Waals surface area contributed by atoms with Crippen LogP contribution in [0.4, 0.5) is 0 Å². The standard InChI is InChI=1S/C21H26N4O4/c26-17-5-4-16(19(27)23-17)25-13-15-3-1-2-14(18(15)20(25)28)12-24-10-11-29-21(24)6-8-22-9-7-21/h1-3,16,22H,4-13H2,(H,23,26,27). The lowest BCUT2D eigenvalue weighted by Gasteiger charge is -2.40. The molecule has 1 spiro atoms. The molecule has 0 radical (unpaired) electrons. The van der Waals surface area contributed by atoms with Gasteiger partial charge >= 0.3 is 0 Å². The largest absolute Gasteiger partial charge is 0.359 e. The topological polar surface area (TPSA) is 91.0 Å². The molecule has 29 heavy (non-hydrogen) atoms. The van der Waals surface area contributed by atoms with Crippen LogP contribution in [-0.2, 0) is 27.4 Å². The third-order valence-corrected chi connectivity index (χ3v) is 6.69. The maximum atomic E-state index is 13.3. The van der Waals surface area contributed by atoms with Crippen molar-refractivity contribution in [3.8, 4) is 0 Å². The summed E-state index contributed by atoms with van der Waals surface area (Å²) in [5.74, 6) is -0.743. The number of imide groups is 1. The monoisotopic (exact) mass is 398 g/mol. The highest BCUT2D eigenvalue weighted by atomic mass is 16.5. The van der Waals surface area contributed by atoms with E-state index < -0.39 is 6.04 Å². The average molecular weight is 398 g/mol. The van der Waals surface area contributed by atoms with Crippen LogP contribution in [0.2, 0.25) is 0 Å². The van der Waals surface area contributed by atoms with Crippen molar-refractivity contribution in [2.24, 2.45) is 0 Å². The number of ether oxygens (including phenoxy) is 1. The van der Waals surface area contributed by atoms with Gasteiger partial charge in [0.15, 0.2) is 0 Å². The van der Waals surface area contributed by atoms with Crippen molar-refractivity contribution in [2.75, 3.05) is 26.2 Å². The number of carbonyl (C=O) groups is 3. The molecule has 1 unspecified atom stereocenters. The first-order chi connectivity index (χ1) is 14.1. The molecular weight excluding hydrogens is 372 g/mol. The van der Waals surface area contributed by atoms with E-state index in [4.69, 9.17) is 4.74 Å². The lowest BCUT2D eigenvalue weighted by molar-refractivity contribution is -0.136. The zero-order chi connectivity index (χ0) is 20.0. The van der Waals surface area contributed by atoms with Crippen LogP contribution in [0, 0.1) is 0 Å². The van der Waals surface area contributed by atoms with Gasteiger partial charge in [0.25, 0.3) is 5.91 Å². The number of benzene rings is 1. The van der Waals surface area contributed by atoms with Gasteiger partial charge in [-0.2, -0.15) is 0 Å². The molecule has 4 aliphatic rings. The summed E-state index contributed by atoms with van der Waals surface area (Å²) in [6.07, 6.45) is 2.54. The minimum absolute atomic E-state index is 0.107. The Morgan fingerprint density at radius 2 is 2.00 bits per heavy atom. The maximum Gasteiger partial charge on any atom is 0.255 e. The van der Waals surface area contributed by atoms with Crippen molar-refractivity contribution >= 4 is 17.7 Å². The van der Waals surface area contributed by atoms with Crippen molar-refractivity contribution in [3.05, 3.63) is 34.9 Å². The number of rotatable bonds is 3. The number of hydrogen-bond acceptors (Lipinski definition) is 6. The van der Waals surface area contributed by atoms with Crippen molar-refractivity contribution < 1.29 is 19.1 Å². The molecule has 0 aromatic heterocycles. The van der Waals surface area contributed by atoms with Crippen molar-refractivity contribution in [1.82, 2.24) is 20.4 Å². The first-order valence-electron chi connectivity index (χ1n) is 10.4. The van der Waals surface area contributed by atoms with Crippen LogP contribution in [0.15, 0.2) is 18.2 Å². The molecule has 3 saturated heterocycles. The molecule has 8 nitrogen and oxygen atoms in total. The summed E-state index contributed by atoms with van der Waals surface area (Å²) in [6.45, 7) is 4.52. The van der Waals surface area contributed by atoms with E-state index in [1.165, 1.54) is 0 Å². The summed E-state index contributed by atoms with van der Waals surface area (Å²) >= 11 is 0. The summed E-state index contributed by atoms with van der Waals surface area (Å²) in [5, 5.41) is 5.75. The fourth-order valence-electron chi connectivity index (χ4n) is 5.17. The Hall–Kier alpha value is -2.29. The molecule has 3 amide bonds. The summed E-state index contributed by atoms with van der Waals surface area (Å²) in [5.41, 5.74) is 2.43. The molecule has 8 heteroatoms. The lowest BCUT2D eigenvalue weighted by atomic mass is 9.97. The normalized spacial score (nSPS) is 26.8. The van der Waals surface area contributed by atoms with E-state index in [0.717, 1.165) is 43.6 Å². The highest BCUT2D eigenvalue weighted by molar-refractivity contribution is 6.05. The fourth-order valence-corrected chi connectivity index (χ4v) is 5.17. The number of nitrogens with one attached hydrogen (secondary N) is 2. The second-order valence-electron chi connectivity index (χ2n) is 8.32. The Morgan fingerprint density at radius 3 is 2.79 bits per heavy atom. The minimum Gasteiger partial charge on any atom is -0.359 e. The van der Waals surface area contributed by atoms with Gasteiger partial charge in [-0.1, -0.05) is 18.2 Å². The van der Waals surface area contributed by atoms with Gasteiger partial charge in [0, 0.05) is 44.5 Å². The van der Waals surface area contributed by atoms with E-state index in [2.05, 4.69) is 15.5 Å². The van der Waals surface area contributed by atoms with Crippen LogP contribution >= 0.6 is 0 Å². The smallest absolute Gasteiger partial charge is 0.255 e. The molecule has 1 aromatic carbocycles. The second-order valence-corrected chi connectivity index (χ2v) is 8.32. The summed E-state index contributed by atoms with van der Waals surface area (Å²) in [6, 6.07) is 5.38. The van der Waals surface area contributed by atoms with E-state index in [1.807, 2.05) is 18.2 Å². The van der Waals surface area contributed by atoms with Gasteiger partial charge in [0.1, 0.15) is 11.8 Å². The second kappa shape index (κ2) is 7.19. The molecular formula is C21H26N4O4. The molecule has 1 aromatic rings. The van der Waals surface area contributed by atoms with Crippen molar-refractivity contribution in [1.29, 1.82) is 0 Å². The molecule has 3 fully saturated rings. The van der Waals surface area contributed by atoms with Gasteiger partial charge in [-0.3, -0.25) is 24.6 Å². The van der Waals surface area contributed by atoms with Crippen LogP contribution < -0.4 is 10.6 Å². The Kier molecular flexibility index (Phi) is 4.64. The third-order valence-electron chi connectivity index (χ3n) is 6.69. The molecule has 0 bridgehead atoms. The molecule has 4 aliphatic heterocycles. The molecule has 5 rings (SSSR count). The van der Waals surface area contributed by atoms with E-state index in [1.54, 1.807) is 4.90 Å². The summed E-state index contributed by atoms with van der Waals surface area (Å²) in [7, 11) is 0. The quantitative estimate of drug-likeness (QED) is 0.715. The number of carbonyl (C=O) groups excluding carboxylic acids is 3. The predicted molar refractivity (Wildman–Crippen MR) is 104 cm³/mol. The van der Waals surface area contributed by atoms with E-state index in [0.29, 0.717) is 31.7 Å². The van der Waals surface area contributed by atoms with E-state index >= 15 is 0 Å². The van der Waals surface area contributed by atoms with Gasteiger partial charge < -0.3 is 15.0 Å². The highest BCUT2D eigenvalue weighted by Gasteiger charge is 2.44. The first kappa shape index (κ1) is 18.7. The van der Waals surface area contributed by atoms with Crippen LogP contribution in [-0.4, -0.2) is 65.5 Å². The summed E-state index contributed by atoms with van der Waals surface area (Å²) < 4.78 is 6.16. The molecule has 1 atom stereocenters. The zero-order valence-corrected chi connectivity index (χ0v) is 16.4. The van der Waals surface area contributed by atoms with E-state index in [-0.39, 0.29) is 29.9 Å². The molecule has 0 aliphatic carbocycles. The van der Waals surface area contributed by atoms with E-state index in [9.17, 15) is 14.4 Å². The molecule has 0 saturated carbocycles. The van der Waals surface area contributed by atoms with Gasteiger partial charge in [0.05, 0.1) is 6.61 Å². The predicted octanol–water partition coefficient (Wildman–Crippen LogP) is 0.360. The number of piperidine rings is 2. The Labute approximate surface area is 169 Å². The zero-order valence-electron chi connectivity index (χ0n) is 16.4. The fraction of sp³-hybridized carbons (Fsp3) is 0.571. The SMILES string of the molecule is O=C1CCC(N2Cc3cccc(CN4CCOC45CCNCC5)c3C2=O)C(=O)N1. The van der Waals surface area contributed by atoms with Crippen LogP contribution in [0.3, 0.4) is 0 Å². The third kappa shape index (κ3) is 3.15. The van der Waals surface area contributed by atoms with Gasteiger partial charge in [0.2, 0.25) is 11.8 Å². The van der Waals surface area contributed by atoms with Crippen LogP contribution in [0.1, 0.15) is 47.2 Å². The number of hydrogen-bond donors (Lipinski definition) is 2. The summed E-state index contributed by atoms with van der Waals surface area (Å²) in [4.78, 5) is 41.0. The van der Waals surface area contributed by atoms with Crippen LogP contribution in [0.25, 0.3) is 0 Å². The average Bonchev–Trinajstić information content (AvgIpc) is 3.24. The Bertz CT molecular complexity index is 864. The lowest BCUT2D eigenvalue weighted by Crippen LogP contribution is -2.52. The molecule has 154 valence electrons. The molecule has 2 N–H and O–H groups in total. The number of nitrogens with zero attached hydrogens (tertiary/aromatic N) is 2. The van der Waals surface area contributed by atoms with Gasteiger partial charge in [-0.15, -0.1) is 0 Å². The van der Waals surface area contributed by atoms with Crippen LogP contribution in [0.5, 0.6) is 0 Å². The number of fused-ring (bicyclic) bond motifs is 1. The minimum atomic E-state index is -0.577. The Morgan fingerprint density at radius 1 is 1.17 bits per heavy atom.